The van der Waals surface area contributed by atoms with E-state index in [1.165, 1.54) is 0 Å². The van der Waals surface area contributed by atoms with Gasteiger partial charge in [-0.25, -0.2) is 0 Å². The number of unbranched alkanes of at least 4 members (excludes halogenated alkanes) is 2. The molecule has 17 heavy (non-hydrogen) atoms. The van der Waals surface area contributed by atoms with Gasteiger partial charge in [0.15, 0.2) is 0 Å². The summed E-state index contributed by atoms with van der Waals surface area (Å²) in [5.41, 5.74) is 0. The van der Waals surface area contributed by atoms with Crippen molar-refractivity contribution in [2.24, 2.45) is 0 Å². The summed E-state index contributed by atoms with van der Waals surface area (Å²) >= 11 is -4.19. The van der Waals surface area contributed by atoms with Crippen LogP contribution in [0.1, 0.15) is 39.5 Å². The Kier molecular flexibility index (Phi) is 9.44. The van der Waals surface area contributed by atoms with Crippen molar-refractivity contribution >= 4 is 8.32 Å². The van der Waals surface area contributed by atoms with Gasteiger partial charge < -0.3 is 0 Å². The predicted octanol–water partition coefficient (Wildman–Crippen LogP) is 3.28. The van der Waals surface area contributed by atoms with E-state index in [4.69, 9.17) is 8.13 Å². The zero-order valence-electron chi connectivity index (χ0n) is 11.9. The second-order valence-electron chi connectivity index (χ2n) is 5.14. The Hall–Kier alpha value is 0.940. The maximum absolute atomic E-state index is 10.4. The zero-order chi connectivity index (χ0) is 13.4. The summed E-state index contributed by atoms with van der Waals surface area (Å²) in [7, 11) is -1.82. The van der Waals surface area contributed by atoms with Crippen LogP contribution in [0.2, 0.25) is 19.6 Å². The van der Waals surface area contributed by atoms with Crippen molar-refractivity contribution in [3.63, 3.8) is 0 Å². The van der Waals surface area contributed by atoms with Crippen LogP contribution < -0.4 is 0 Å². The van der Waals surface area contributed by atoms with Crippen LogP contribution in [0.15, 0.2) is 0 Å². The standard InChI is InChI=1S/2C4H9O.C3H9OSi.H2O.Zr/c2*1-2-3-4-5;1-5(2,3)4;;/h2*2-4H2,1H3;1-3H3;1H2;/q3*-1;;+4/p-1. The van der Waals surface area contributed by atoms with Crippen LogP contribution in [0.5, 0.6) is 0 Å². The van der Waals surface area contributed by atoms with Gasteiger partial charge in [-0.05, 0) is 0 Å². The third-order valence-corrected chi connectivity index (χ3v) is 12.1. The SMILES string of the molecule is CCCC[O][Zr]([OH])([O]CCCC)[O][Si](C)(C)C. The van der Waals surface area contributed by atoms with E-state index in [0.717, 1.165) is 25.7 Å². The van der Waals surface area contributed by atoms with E-state index in [9.17, 15) is 3.18 Å². The summed E-state index contributed by atoms with van der Waals surface area (Å²) in [6.45, 7) is 11.4. The molecule has 0 amide bonds. The summed E-state index contributed by atoms with van der Waals surface area (Å²) in [4.78, 5) is 0. The van der Waals surface area contributed by atoms with Gasteiger partial charge in [0.2, 0.25) is 0 Å². The summed E-state index contributed by atoms with van der Waals surface area (Å²) in [5, 5.41) is 0. The van der Waals surface area contributed by atoms with Gasteiger partial charge in [-0.3, -0.25) is 0 Å². The van der Waals surface area contributed by atoms with Crippen molar-refractivity contribution < 1.29 is 33.3 Å². The first kappa shape index (κ1) is 17.9. The van der Waals surface area contributed by atoms with Crippen molar-refractivity contribution in [3.8, 4) is 0 Å². The Bertz CT molecular complexity index is 186. The molecule has 0 spiro atoms. The molecule has 4 nitrogen and oxygen atoms in total. The van der Waals surface area contributed by atoms with Crippen molar-refractivity contribution in [2.45, 2.75) is 59.2 Å². The monoisotopic (exact) mass is 342 g/mol. The van der Waals surface area contributed by atoms with Gasteiger partial charge in [0.05, 0.1) is 0 Å². The van der Waals surface area contributed by atoms with Gasteiger partial charge in [-0.2, -0.15) is 0 Å². The third-order valence-electron chi connectivity index (χ3n) is 2.00. The minimum atomic E-state index is -4.19. The topological polar surface area (TPSA) is 47.9 Å². The molecule has 0 aliphatic heterocycles. The summed E-state index contributed by atoms with van der Waals surface area (Å²) < 4.78 is 27.3. The van der Waals surface area contributed by atoms with Crippen molar-refractivity contribution in [3.05, 3.63) is 0 Å². The fourth-order valence-corrected chi connectivity index (χ4v) is 10.8. The van der Waals surface area contributed by atoms with Crippen LogP contribution in [-0.2, 0) is 30.2 Å². The summed E-state index contributed by atoms with van der Waals surface area (Å²) in [5.74, 6) is 0. The van der Waals surface area contributed by atoms with Crippen LogP contribution in [-0.4, -0.2) is 24.7 Å². The van der Waals surface area contributed by atoms with Crippen LogP contribution in [0.3, 0.4) is 0 Å². The molecule has 0 fully saturated rings. The predicted molar refractivity (Wildman–Crippen MR) is 68.4 cm³/mol. The van der Waals surface area contributed by atoms with Gasteiger partial charge in [0.1, 0.15) is 0 Å². The molecule has 0 aromatic rings. The van der Waals surface area contributed by atoms with Gasteiger partial charge in [0.25, 0.3) is 0 Å². The fourth-order valence-electron chi connectivity index (χ4n) is 1.18. The molecule has 0 atom stereocenters. The van der Waals surface area contributed by atoms with Crippen molar-refractivity contribution in [1.29, 1.82) is 0 Å². The van der Waals surface area contributed by atoms with Crippen LogP contribution in [0.25, 0.3) is 0 Å². The summed E-state index contributed by atoms with van der Waals surface area (Å²) in [6, 6.07) is 0. The van der Waals surface area contributed by atoms with Gasteiger partial charge in [0, 0.05) is 0 Å². The molecule has 0 unspecified atom stereocenters. The first-order valence-electron chi connectivity index (χ1n) is 6.53. The Labute approximate surface area is 114 Å². The van der Waals surface area contributed by atoms with Gasteiger partial charge in [-0.1, -0.05) is 0 Å². The number of rotatable bonds is 10. The number of hydrogen-bond donors (Lipinski definition) is 1. The Morgan fingerprint density at radius 3 is 1.65 bits per heavy atom. The molecular weight excluding hydrogens is 315 g/mol. The normalized spacial score (nSPS) is 13.1. The van der Waals surface area contributed by atoms with Gasteiger partial charge in [-0.15, -0.1) is 0 Å². The maximum atomic E-state index is 10.4. The molecule has 0 aromatic carbocycles. The minimum absolute atomic E-state index is 0.541. The molecule has 6 heteroatoms. The van der Waals surface area contributed by atoms with E-state index >= 15 is 0 Å². The van der Waals surface area contributed by atoms with E-state index in [1.54, 1.807) is 0 Å². The molecule has 0 saturated carbocycles. The second kappa shape index (κ2) is 8.94. The first-order chi connectivity index (χ1) is 7.83. The molecule has 0 radical (unpaired) electrons. The molecule has 0 saturated heterocycles. The molecule has 0 heterocycles. The Balaban J connectivity index is 4.24. The molecule has 0 aliphatic rings. The Morgan fingerprint density at radius 1 is 0.941 bits per heavy atom. The van der Waals surface area contributed by atoms with Crippen LogP contribution in [0, 0.1) is 0 Å². The van der Waals surface area contributed by atoms with Crippen LogP contribution >= 0.6 is 0 Å². The van der Waals surface area contributed by atoms with E-state index < -0.39 is 30.3 Å². The molecule has 0 bridgehead atoms. The molecule has 0 aromatic heterocycles. The van der Waals surface area contributed by atoms with E-state index in [0.29, 0.717) is 13.2 Å². The average Bonchev–Trinajstić information content (AvgIpc) is 2.15. The zero-order valence-corrected chi connectivity index (χ0v) is 15.4. The van der Waals surface area contributed by atoms with Gasteiger partial charge >= 0.3 is 114 Å². The third kappa shape index (κ3) is 10.5. The summed E-state index contributed by atoms with van der Waals surface area (Å²) in [6.07, 6.45) is 3.96. The average molecular weight is 344 g/mol. The quantitative estimate of drug-likeness (QED) is 0.488. The Morgan fingerprint density at radius 2 is 1.35 bits per heavy atom. The molecule has 0 aliphatic carbocycles. The molecule has 1 N–H and O–H groups in total. The molecular formula is C11H28O4SiZr. The second-order valence-corrected chi connectivity index (χ2v) is 15.1. The van der Waals surface area contributed by atoms with Crippen molar-refractivity contribution in [1.82, 2.24) is 0 Å². The fraction of sp³-hybridized carbons (Fsp3) is 1.00. The number of hydrogen-bond acceptors (Lipinski definition) is 4. The van der Waals surface area contributed by atoms with Crippen molar-refractivity contribution in [2.75, 3.05) is 13.2 Å². The van der Waals surface area contributed by atoms with E-state index in [1.807, 2.05) is 19.6 Å². The van der Waals surface area contributed by atoms with Crippen LogP contribution in [0.4, 0.5) is 0 Å². The molecule has 0 rings (SSSR count). The first-order valence-corrected chi connectivity index (χ1v) is 14.0. The molecule has 104 valence electrons. The van der Waals surface area contributed by atoms with E-state index in [2.05, 4.69) is 13.8 Å². The van der Waals surface area contributed by atoms with E-state index in [-0.39, 0.29) is 0 Å².